The monoisotopic (exact) mass is 329 g/mol. The van der Waals surface area contributed by atoms with E-state index in [1.807, 2.05) is 6.92 Å². The Labute approximate surface area is 139 Å². The Kier molecular flexibility index (Phi) is 4.61. The van der Waals surface area contributed by atoms with Crippen molar-refractivity contribution in [3.05, 3.63) is 36.2 Å². The molecule has 24 heavy (non-hydrogen) atoms. The average Bonchev–Trinajstić information content (AvgIpc) is 2.98. The lowest BCUT2D eigenvalue weighted by Gasteiger charge is -2.18. The number of aromatic nitrogens is 1. The van der Waals surface area contributed by atoms with E-state index in [1.54, 1.807) is 30.6 Å². The number of nitrogens with zero attached hydrogens (tertiary/aromatic N) is 1. The molecule has 2 amide bonds. The fourth-order valence-corrected chi connectivity index (χ4v) is 2.62. The highest BCUT2D eigenvalue weighted by Crippen LogP contribution is 2.26. The summed E-state index contributed by atoms with van der Waals surface area (Å²) in [4.78, 5) is 27.0. The third-order valence-corrected chi connectivity index (χ3v) is 3.87. The maximum Gasteiger partial charge on any atom is 0.249 e. The summed E-state index contributed by atoms with van der Waals surface area (Å²) in [6.07, 6.45) is 3.26. The van der Waals surface area contributed by atoms with Crippen LogP contribution in [0.25, 0.3) is 10.8 Å². The summed E-state index contributed by atoms with van der Waals surface area (Å²) in [5, 5.41) is 4.33. The molecular formula is C17H19N3O4. The number of rotatable bonds is 6. The lowest BCUT2D eigenvalue weighted by atomic mass is 10.1. The number of hydrogen-bond acceptors (Lipinski definition) is 5. The van der Waals surface area contributed by atoms with Gasteiger partial charge in [-0.05, 0) is 25.5 Å². The summed E-state index contributed by atoms with van der Waals surface area (Å²) in [5.74, 6) is -0.0361. The third kappa shape index (κ3) is 3.46. The van der Waals surface area contributed by atoms with Crippen molar-refractivity contribution < 1.29 is 19.1 Å². The van der Waals surface area contributed by atoms with Crippen molar-refractivity contribution in [2.24, 2.45) is 5.73 Å². The Morgan fingerprint density at radius 1 is 1.46 bits per heavy atom. The largest absolute Gasteiger partial charge is 0.486 e. The van der Waals surface area contributed by atoms with Crippen LogP contribution in [0.4, 0.5) is 0 Å². The molecule has 7 nitrogen and oxygen atoms in total. The van der Waals surface area contributed by atoms with Gasteiger partial charge in [-0.1, -0.05) is 6.07 Å². The lowest BCUT2D eigenvalue weighted by molar-refractivity contribution is -0.130. The van der Waals surface area contributed by atoms with Gasteiger partial charge in [0.2, 0.25) is 11.8 Å². The SMILES string of the molecule is CC(COC1CCNC1=O)Oc1cncc2ccc(C(N)=O)cc12. The van der Waals surface area contributed by atoms with Crippen LogP contribution < -0.4 is 15.8 Å². The second kappa shape index (κ2) is 6.84. The van der Waals surface area contributed by atoms with Gasteiger partial charge < -0.3 is 20.5 Å². The molecule has 3 rings (SSSR count). The van der Waals surface area contributed by atoms with Gasteiger partial charge >= 0.3 is 0 Å². The molecule has 7 heteroatoms. The fraction of sp³-hybridized carbons (Fsp3) is 0.353. The Morgan fingerprint density at radius 3 is 3.00 bits per heavy atom. The normalized spacial score (nSPS) is 18.4. The van der Waals surface area contributed by atoms with Crippen LogP contribution in [0.15, 0.2) is 30.6 Å². The maximum atomic E-state index is 11.5. The van der Waals surface area contributed by atoms with E-state index < -0.39 is 12.0 Å². The van der Waals surface area contributed by atoms with Crippen LogP contribution >= 0.6 is 0 Å². The first kappa shape index (κ1) is 16.2. The number of nitrogens with one attached hydrogen (secondary N) is 1. The summed E-state index contributed by atoms with van der Waals surface area (Å²) in [6.45, 7) is 2.77. The van der Waals surface area contributed by atoms with Crippen LogP contribution in [0, 0.1) is 0 Å². The van der Waals surface area contributed by atoms with Crippen molar-refractivity contribution in [1.82, 2.24) is 10.3 Å². The number of benzene rings is 1. The summed E-state index contributed by atoms with van der Waals surface area (Å²) < 4.78 is 11.5. The highest BCUT2D eigenvalue weighted by molar-refractivity contribution is 5.99. The maximum absolute atomic E-state index is 11.5. The summed E-state index contributed by atoms with van der Waals surface area (Å²) in [7, 11) is 0. The van der Waals surface area contributed by atoms with Gasteiger partial charge in [0.05, 0.1) is 12.8 Å². The van der Waals surface area contributed by atoms with Gasteiger partial charge in [-0.15, -0.1) is 0 Å². The van der Waals surface area contributed by atoms with Crippen molar-refractivity contribution >= 4 is 22.6 Å². The van der Waals surface area contributed by atoms with Gasteiger partial charge in [0, 0.05) is 29.1 Å². The van der Waals surface area contributed by atoms with E-state index in [0.29, 0.717) is 24.3 Å². The van der Waals surface area contributed by atoms with Gasteiger partial charge in [-0.3, -0.25) is 14.6 Å². The molecule has 2 atom stereocenters. The molecule has 3 N–H and O–H groups in total. The number of pyridine rings is 1. The molecule has 0 radical (unpaired) electrons. The molecule has 0 saturated carbocycles. The summed E-state index contributed by atoms with van der Waals surface area (Å²) >= 11 is 0. The number of primary amides is 1. The van der Waals surface area contributed by atoms with Crippen LogP contribution in [-0.2, 0) is 9.53 Å². The van der Waals surface area contributed by atoms with Crippen LogP contribution in [-0.4, -0.2) is 42.2 Å². The minimum Gasteiger partial charge on any atom is -0.486 e. The molecule has 0 spiro atoms. The molecule has 2 aromatic rings. The molecule has 2 heterocycles. The van der Waals surface area contributed by atoms with Gasteiger partial charge in [-0.2, -0.15) is 0 Å². The molecule has 0 aliphatic carbocycles. The second-order valence-corrected chi connectivity index (χ2v) is 5.77. The van der Waals surface area contributed by atoms with Gasteiger partial charge in [0.15, 0.2) is 0 Å². The van der Waals surface area contributed by atoms with Gasteiger partial charge in [0.1, 0.15) is 18.0 Å². The number of ether oxygens (including phenoxy) is 2. The zero-order valence-electron chi connectivity index (χ0n) is 13.3. The van der Waals surface area contributed by atoms with E-state index in [2.05, 4.69) is 10.3 Å². The van der Waals surface area contributed by atoms with E-state index in [-0.39, 0.29) is 18.6 Å². The Balaban J connectivity index is 1.72. The number of nitrogens with two attached hydrogens (primary N) is 1. The molecule has 2 unspecified atom stereocenters. The van der Waals surface area contributed by atoms with Gasteiger partial charge in [0.25, 0.3) is 0 Å². The van der Waals surface area contributed by atoms with E-state index in [4.69, 9.17) is 15.2 Å². The zero-order chi connectivity index (χ0) is 17.1. The van der Waals surface area contributed by atoms with Crippen molar-refractivity contribution in [1.29, 1.82) is 0 Å². The van der Waals surface area contributed by atoms with Crippen LogP contribution in [0.2, 0.25) is 0 Å². The Bertz CT molecular complexity index is 778. The quantitative estimate of drug-likeness (QED) is 0.823. The first-order valence-corrected chi connectivity index (χ1v) is 7.78. The third-order valence-electron chi connectivity index (χ3n) is 3.87. The molecule has 1 aromatic carbocycles. The fourth-order valence-electron chi connectivity index (χ4n) is 2.62. The molecular weight excluding hydrogens is 310 g/mol. The van der Waals surface area contributed by atoms with Crippen LogP contribution in [0.5, 0.6) is 5.75 Å². The molecule has 0 bridgehead atoms. The Morgan fingerprint density at radius 2 is 2.29 bits per heavy atom. The topological polar surface area (TPSA) is 104 Å². The molecule has 1 saturated heterocycles. The standard InChI is InChI=1S/C17H19N3O4/c1-10(9-23-14-4-5-20-17(14)22)24-15-8-19-7-12-3-2-11(16(18)21)6-13(12)15/h2-3,6-8,10,14H,4-5,9H2,1H3,(H2,18,21)(H,20,22). The second-order valence-electron chi connectivity index (χ2n) is 5.77. The van der Waals surface area contributed by atoms with Gasteiger partial charge in [-0.25, -0.2) is 0 Å². The number of carbonyl (C=O) groups excluding carboxylic acids is 2. The molecule has 1 aliphatic rings. The predicted molar refractivity (Wildman–Crippen MR) is 87.7 cm³/mol. The molecule has 1 aromatic heterocycles. The van der Waals surface area contributed by atoms with Crippen molar-refractivity contribution in [3.63, 3.8) is 0 Å². The number of carbonyl (C=O) groups is 2. The van der Waals surface area contributed by atoms with E-state index in [0.717, 1.165) is 10.8 Å². The highest BCUT2D eigenvalue weighted by atomic mass is 16.5. The summed E-state index contributed by atoms with van der Waals surface area (Å²) in [5.41, 5.74) is 5.74. The van der Waals surface area contributed by atoms with E-state index in [9.17, 15) is 9.59 Å². The number of amides is 2. The minimum atomic E-state index is -0.497. The Hall–Kier alpha value is -2.67. The number of fused-ring (bicyclic) bond motifs is 1. The first-order chi connectivity index (χ1) is 11.5. The van der Waals surface area contributed by atoms with Crippen LogP contribution in [0.1, 0.15) is 23.7 Å². The minimum absolute atomic E-state index is 0.0832. The van der Waals surface area contributed by atoms with Crippen molar-refractivity contribution in [2.75, 3.05) is 13.2 Å². The first-order valence-electron chi connectivity index (χ1n) is 7.78. The summed E-state index contributed by atoms with van der Waals surface area (Å²) in [6, 6.07) is 5.12. The van der Waals surface area contributed by atoms with Crippen molar-refractivity contribution in [2.45, 2.75) is 25.6 Å². The molecule has 1 aliphatic heterocycles. The number of hydrogen-bond donors (Lipinski definition) is 2. The molecule has 1 fully saturated rings. The van der Waals surface area contributed by atoms with Crippen LogP contribution in [0.3, 0.4) is 0 Å². The van der Waals surface area contributed by atoms with E-state index in [1.165, 1.54) is 0 Å². The highest BCUT2D eigenvalue weighted by Gasteiger charge is 2.25. The smallest absolute Gasteiger partial charge is 0.249 e. The molecule has 126 valence electrons. The zero-order valence-corrected chi connectivity index (χ0v) is 13.3. The van der Waals surface area contributed by atoms with Crippen molar-refractivity contribution in [3.8, 4) is 5.75 Å². The predicted octanol–water partition coefficient (Wildman–Crippen LogP) is 1.01. The van der Waals surface area contributed by atoms with E-state index >= 15 is 0 Å². The lowest BCUT2D eigenvalue weighted by Crippen LogP contribution is -2.29. The average molecular weight is 329 g/mol.